The van der Waals surface area contributed by atoms with Crippen molar-refractivity contribution in [2.45, 2.75) is 67.3 Å². The molecule has 1 aromatic heterocycles. The van der Waals surface area contributed by atoms with Crippen LogP contribution in [0, 0.1) is 0 Å². The first kappa shape index (κ1) is 30.4. The van der Waals surface area contributed by atoms with Crippen LogP contribution < -0.4 is 11.4 Å². The van der Waals surface area contributed by atoms with Crippen molar-refractivity contribution in [1.29, 1.82) is 0 Å². The molecule has 3 rings (SSSR count). The number of nitrogens with two attached hydrogens (primary N) is 1. The first-order valence-corrected chi connectivity index (χ1v) is 12.4. The summed E-state index contributed by atoms with van der Waals surface area (Å²) in [6.07, 6.45) is -16.9. The van der Waals surface area contributed by atoms with Crippen LogP contribution in [-0.2, 0) is 27.9 Å². The summed E-state index contributed by atoms with van der Waals surface area (Å²) in [4.78, 5) is 37.6. The molecule has 1 aromatic rings. The van der Waals surface area contributed by atoms with Crippen LogP contribution >= 0.6 is 7.82 Å². The number of aliphatic hydroxyl groups is 7. The highest BCUT2D eigenvalue weighted by molar-refractivity contribution is 7.47. The van der Waals surface area contributed by atoms with E-state index in [1.807, 2.05) is 0 Å². The van der Waals surface area contributed by atoms with Crippen LogP contribution in [0.25, 0.3) is 0 Å². The van der Waals surface area contributed by atoms with Crippen LogP contribution in [0.4, 0.5) is 5.82 Å². The predicted octanol–water partition coefficient (Wildman–Crippen LogP) is -5.42. The van der Waals surface area contributed by atoms with Gasteiger partial charge in [0.1, 0.15) is 48.5 Å². The number of hydrogen-bond acceptors (Lipinski definition) is 16. The maximum Gasteiger partial charge on any atom is 0.475 e. The zero-order valence-electron chi connectivity index (χ0n) is 19.3. The molecule has 20 heteroatoms. The zero-order valence-corrected chi connectivity index (χ0v) is 20.2. The molecule has 0 amide bonds. The number of anilines is 1. The van der Waals surface area contributed by atoms with Gasteiger partial charge in [-0.05, 0) is 6.07 Å². The Morgan fingerprint density at radius 1 is 1.26 bits per heavy atom. The second-order valence-corrected chi connectivity index (χ2v) is 9.97. The average molecular weight is 573 g/mol. The maximum absolute atomic E-state index is 12.6. The van der Waals surface area contributed by atoms with Gasteiger partial charge < -0.3 is 61.0 Å². The molecule has 11 N–H and O–H groups in total. The Bertz CT molecular complexity index is 1110. The molecule has 0 aliphatic carbocycles. The molecule has 2 fully saturated rings. The molecule has 3 unspecified atom stereocenters. The molecule has 2 aliphatic heterocycles. The van der Waals surface area contributed by atoms with E-state index >= 15 is 0 Å². The Balaban J connectivity index is 1.74. The number of ether oxygens (including phenoxy) is 2. The quantitative estimate of drug-likeness (QED) is 0.117. The molecular weight excluding hydrogens is 545 g/mol. The van der Waals surface area contributed by atoms with E-state index in [-0.39, 0.29) is 5.82 Å². The number of phosphoric acid groups is 1. The minimum atomic E-state index is -5.48. The summed E-state index contributed by atoms with van der Waals surface area (Å²) >= 11 is 0. The number of nitrogens with zero attached hydrogens (tertiary/aromatic N) is 2. The Hall–Kier alpha value is -2.10. The van der Waals surface area contributed by atoms with Gasteiger partial charge in [-0.25, -0.2) is 18.7 Å². The lowest BCUT2D eigenvalue weighted by Crippen LogP contribution is -2.63. The van der Waals surface area contributed by atoms with E-state index in [0.29, 0.717) is 0 Å². The van der Waals surface area contributed by atoms with Crippen molar-refractivity contribution in [3.63, 3.8) is 0 Å². The molecular formula is C18H28N3O16P. The summed E-state index contributed by atoms with van der Waals surface area (Å²) in [5.74, 6) is -5.43. The van der Waals surface area contributed by atoms with Crippen LogP contribution in [-0.4, -0.2) is 129 Å². The molecule has 0 aromatic carbocycles. The molecule has 216 valence electrons. The Labute approximate surface area is 212 Å². The van der Waals surface area contributed by atoms with Gasteiger partial charge >= 0.3 is 19.5 Å². The van der Waals surface area contributed by atoms with Crippen LogP contribution in [0.2, 0.25) is 0 Å². The minimum absolute atomic E-state index is 0.131. The lowest BCUT2D eigenvalue weighted by atomic mass is 9.91. The van der Waals surface area contributed by atoms with Gasteiger partial charge in [-0.1, -0.05) is 0 Å². The molecule has 0 radical (unpaired) electrons. The van der Waals surface area contributed by atoms with E-state index in [4.69, 9.17) is 24.8 Å². The van der Waals surface area contributed by atoms with Crippen molar-refractivity contribution >= 4 is 19.6 Å². The highest BCUT2D eigenvalue weighted by Gasteiger charge is 2.58. The number of carboxylic acids is 1. The summed E-state index contributed by atoms with van der Waals surface area (Å²) in [7, 11) is -5.48. The monoisotopic (exact) mass is 573 g/mol. The molecule has 19 nitrogen and oxygen atoms in total. The lowest BCUT2D eigenvalue weighted by molar-refractivity contribution is -0.307. The van der Waals surface area contributed by atoms with E-state index in [0.717, 1.165) is 10.8 Å². The minimum Gasteiger partial charge on any atom is -0.477 e. The summed E-state index contributed by atoms with van der Waals surface area (Å²) < 4.78 is 33.1. The molecule has 0 saturated carbocycles. The van der Waals surface area contributed by atoms with E-state index in [1.54, 1.807) is 0 Å². The molecule has 2 saturated heterocycles. The van der Waals surface area contributed by atoms with Crippen LogP contribution in [0.5, 0.6) is 0 Å². The zero-order chi connectivity index (χ0) is 28.6. The number of aliphatic hydroxyl groups excluding tert-OH is 7. The second kappa shape index (κ2) is 11.6. The van der Waals surface area contributed by atoms with Crippen LogP contribution in [0.15, 0.2) is 17.1 Å². The molecule has 0 bridgehead atoms. The fourth-order valence-electron chi connectivity index (χ4n) is 3.88. The van der Waals surface area contributed by atoms with Gasteiger partial charge in [-0.3, -0.25) is 9.09 Å². The van der Waals surface area contributed by atoms with Crippen molar-refractivity contribution in [3.8, 4) is 0 Å². The van der Waals surface area contributed by atoms with Gasteiger partial charge in [-0.2, -0.15) is 4.98 Å². The smallest absolute Gasteiger partial charge is 0.475 e. The topological polar surface area (TPSA) is 314 Å². The third-order valence-corrected chi connectivity index (χ3v) is 6.91. The van der Waals surface area contributed by atoms with Crippen molar-refractivity contribution in [2.24, 2.45) is 0 Å². The van der Waals surface area contributed by atoms with Crippen molar-refractivity contribution in [1.82, 2.24) is 9.55 Å². The fraction of sp³-hybridized carbons (Fsp3) is 0.722. The van der Waals surface area contributed by atoms with Crippen molar-refractivity contribution < 1.29 is 73.6 Å². The number of aliphatic carboxylic acids is 1. The first-order chi connectivity index (χ1) is 17.6. The number of carbonyl (C=O) groups is 1. The van der Waals surface area contributed by atoms with Crippen LogP contribution in [0.3, 0.4) is 0 Å². The average Bonchev–Trinajstić information content (AvgIpc) is 3.12. The number of nitrogen functional groups attached to an aromatic ring is 1. The Kier molecular flexibility index (Phi) is 9.26. The van der Waals surface area contributed by atoms with E-state index in [9.17, 15) is 54.8 Å². The van der Waals surface area contributed by atoms with Crippen molar-refractivity contribution in [2.75, 3.05) is 18.9 Å². The SMILES string of the molecule is Nc1ccn([C@@H]2O[C@H](COP(=O)(O)O[C@@]3(C(=O)O)C[C@@H](O)[C@@H](O)C([C@H](O)[C@H](O)CO)O3)[C@H](O)C2O)c(=O)n1. The lowest BCUT2D eigenvalue weighted by Gasteiger charge is -2.44. The van der Waals surface area contributed by atoms with E-state index in [2.05, 4.69) is 9.51 Å². The van der Waals surface area contributed by atoms with Gasteiger partial charge in [0, 0.05) is 12.6 Å². The highest BCUT2D eigenvalue weighted by atomic mass is 31.2. The molecule has 0 spiro atoms. The Morgan fingerprint density at radius 3 is 2.50 bits per heavy atom. The summed E-state index contributed by atoms with van der Waals surface area (Å²) in [6, 6.07) is 1.20. The van der Waals surface area contributed by atoms with Gasteiger partial charge in [0.25, 0.3) is 5.79 Å². The molecule has 11 atom stereocenters. The van der Waals surface area contributed by atoms with E-state index < -0.39 is 100.0 Å². The third-order valence-electron chi connectivity index (χ3n) is 5.91. The third kappa shape index (κ3) is 6.20. The van der Waals surface area contributed by atoms with Gasteiger partial charge in [-0.15, -0.1) is 0 Å². The number of phosphoric ester groups is 1. The maximum atomic E-state index is 12.6. The highest BCUT2D eigenvalue weighted by Crippen LogP contribution is 2.51. The van der Waals surface area contributed by atoms with E-state index in [1.165, 1.54) is 6.07 Å². The summed E-state index contributed by atoms with van der Waals surface area (Å²) in [6.45, 7) is -2.06. The summed E-state index contributed by atoms with van der Waals surface area (Å²) in [5, 5.41) is 79.1. The fourth-order valence-corrected chi connectivity index (χ4v) is 4.84. The number of rotatable bonds is 10. The first-order valence-electron chi connectivity index (χ1n) is 10.9. The molecule has 3 heterocycles. The number of aromatic nitrogens is 2. The summed E-state index contributed by atoms with van der Waals surface area (Å²) in [5.41, 5.74) is 4.45. The van der Waals surface area contributed by atoms with Crippen molar-refractivity contribution in [3.05, 3.63) is 22.7 Å². The number of hydrogen-bond donors (Lipinski definition) is 10. The van der Waals surface area contributed by atoms with Crippen LogP contribution in [0.1, 0.15) is 12.6 Å². The molecule has 2 aliphatic rings. The van der Waals surface area contributed by atoms with Gasteiger partial charge in [0.05, 0.1) is 19.3 Å². The van der Waals surface area contributed by atoms with Gasteiger partial charge in [0.2, 0.25) is 0 Å². The standard InChI is InChI=1S/C18H28N3O16P/c19-9-1-2-21(17(31)20-9)15-13(28)12(27)8(35-15)5-34-38(32,33)37-18(16(29)30)3-6(23)10(25)14(36-18)11(26)7(24)4-22/h1-2,6-8,10-15,22-28H,3-5H2,(H,29,30)(H,32,33)(H2,19,20,31)/t6-,7-,8-,10-,11-,12+,13?,14?,15-,18-/m1/s1. The largest absolute Gasteiger partial charge is 0.477 e. The number of carboxylic acid groups (broad SMARTS) is 1. The molecule has 38 heavy (non-hydrogen) atoms. The second-order valence-electron chi connectivity index (χ2n) is 8.59. The normalized spacial score (nSPS) is 36.9. The Morgan fingerprint density at radius 2 is 1.92 bits per heavy atom. The van der Waals surface area contributed by atoms with Gasteiger partial charge in [0.15, 0.2) is 6.23 Å². The predicted molar refractivity (Wildman–Crippen MR) is 117 cm³/mol.